The Labute approximate surface area is 96.6 Å². The Balaban J connectivity index is 2.25. The summed E-state index contributed by atoms with van der Waals surface area (Å²) in [4.78, 5) is 13.1. The third-order valence-corrected chi connectivity index (χ3v) is 3.02. The van der Waals surface area contributed by atoms with Crippen LogP contribution in [0.15, 0.2) is 0 Å². The van der Waals surface area contributed by atoms with Crippen molar-refractivity contribution in [3.05, 3.63) is 0 Å². The van der Waals surface area contributed by atoms with E-state index < -0.39 is 6.10 Å². The van der Waals surface area contributed by atoms with Gasteiger partial charge < -0.3 is 20.5 Å². The predicted octanol–water partition coefficient (Wildman–Crippen LogP) is 0.565. The van der Waals surface area contributed by atoms with Crippen LogP contribution >= 0.6 is 0 Å². The minimum atomic E-state index is -0.404. The van der Waals surface area contributed by atoms with Crippen molar-refractivity contribution in [3.63, 3.8) is 0 Å². The number of hydrogen-bond donors (Lipinski definition) is 2. The third-order valence-electron chi connectivity index (χ3n) is 3.02. The summed E-state index contributed by atoms with van der Waals surface area (Å²) in [6, 6.07) is 0. The second kappa shape index (κ2) is 6.70. The molecule has 16 heavy (non-hydrogen) atoms. The Hall–Kier alpha value is -0.810. The zero-order chi connectivity index (χ0) is 12.0. The number of piperidine rings is 1. The highest BCUT2D eigenvalue weighted by Gasteiger charge is 2.24. The zero-order valence-corrected chi connectivity index (χ0v) is 9.89. The average molecular weight is 230 g/mol. The summed E-state index contributed by atoms with van der Waals surface area (Å²) in [5, 5.41) is 9.44. The van der Waals surface area contributed by atoms with Crippen molar-refractivity contribution in [2.75, 3.05) is 26.2 Å². The molecule has 5 nitrogen and oxygen atoms in total. The van der Waals surface area contributed by atoms with E-state index in [0.29, 0.717) is 19.1 Å². The Kier molecular flexibility index (Phi) is 5.55. The standard InChI is InChI=1S/C11H22N2O3/c1-2-16-11(15)13-5-3-9(4-6-13)7-10(14)8-12/h9-10,14H,2-8,12H2,1H3. The average Bonchev–Trinajstić information content (AvgIpc) is 2.30. The third kappa shape index (κ3) is 3.98. The summed E-state index contributed by atoms with van der Waals surface area (Å²) < 4.78 is 4.94. The van der Waals surface area contributed by atoms with Gasteiger partial charge in [0, 0.05) is 19.6 Å². The van der Waals surface area contributed by atoms with Crippen molar-refractivity contribution < 1.29 is 14.6 Å². The summed E-state index contributed by atoms with van der Waals surface area (Å²) in [6.07, 6.45) is 1.97. The van der Waals surface area contributed by atoms with Gasteiger partial charge in [0.15, 0.2) is 0 Å². The fraction of sp³-hybridized carbons (Fsp3) is 0.909. The maximum absolute atomic E-state index is 11.4. The maximum atomic E-state index is 11.4. The molecule has 3 N–H and O–H groups in total. The Bertz CT molecular complexity index is 215. The molecule has 0 aromatic heterocycles. The molecule has 0 aromatic rings. The monoisotopic (exact) mass is 230 g/mol. The SMILES string of the molecule is CCOC(=O)N1CCC(CC(O)CN)CC1. The first-order valence-corrected chi connectivity index (χ1v) is 5.97. The van der Waals surface area contributed by atoms with Crippen LogP contribution in [0.1, 0.15) is 26.2 Å². The number of carbonyl (C=O) groups excluding carboxylic acids is 1. The molecular weight excluding hydrogens is 208 g/mol. The molecule has 1 aliphatic heterocycles. The molecule has 0 aromatic carbocycles. The van der Waals surface area contributed by atoms with Crippen LogP contribution in [0.4, 0.5) is 4.79 Å². The van der Waals surface area contributed by atoms with Gasteiger partial charge in [-0.25, -0.2) is 4.79 Å². The molecule has 94 valence electrons. The van der Waals surface area contributed by atoms with Crippen LogP contribution in [0, 0.1) is 5.92 Å². The fourth-order valence-corrected chi connectivity index (χ4v) is 2.05. The summed E-state index contributed by atoms with van der Waals surface area (Å²) in [7, 11) is 0. The maximum Gasteiger partial charge on any atom is 0.409 e. The Morgan fingerprint density at radius 1 is 1.56 bits per heavy atom. The number of likely N-dealkylation sites (tertiary alicyclic amines) is 1. The topological polar surface area (TPSA) is 75.8 Å². The lowest BCUT2D eigenvalue weighted by Crippen LogP contribution is -2.39. The number of amides is 1. The molecule has 1 unspecified atom stereocenters. The van der Waals surface area contributed by atoms with Crippen molar-refractivity contribution in [1.29, 1.82) is 0 Å². The van der Waals surface area contributed by atoms with E-state index in [9.17, 15) is 9.90 Å². The van der Waals surface area contributed by atoms with E-state index in [1.54, 1.807) is 4.90 Å². The molecule has 1 heterocycles. The highest BCUT2D eigenvalue weighted by atomic mass is 16.6. The molecule has 1 aliphatic rings. The first kappa shape index (κ1) is 13.3. The van der Waals surface area contributed by atoms with Crippen molar-refractivity contribution in [3.8, 4) is 0 Å². The second-order valence-electron chi connectivity index (χ2n) is 4.25. The number of aliphatic hydroxyl groups is 1. The molecule has 1 atom stereocenters. The van der Waals surface area contributed by atoms with Gasteiger partial charge in [-0.15, -0.1) is 0 Å². The van der Waals surface area contributed by atoms with Crippen LogP contribution in [0.25, 0.3) is 0 Å². The number of nitrogens with two attached hydrogens (primary N) is 1. The van der Waals surface area contributed by atoms with Gasteiger partial charge in [0.2, 0.25) is 0 Å². The fourth-order valence-electron chi connectivity index (χ4n) is 2.05. The first-order chi connectivity index (χ1) is 7.67. The summed E-state index contributed by atoms with van der Waals surface area (Å²) in [6.45, 7) is 3.99. The van der Waals surface area contributed by atoms with Crippen molar-refractivity contribution >= 4 is 6.09 Å². The minimum absolute atomic E-state index is 0.222. The normalized spacial score (nSPS) is 19.6. The van der Waals surface area contributed by atoms with E-state index in [1.807, 2.05) is 6.92 Å². The van der Waals surface area contributed by atoms with Gasteiger partial charge in [0.05, 0.1) is 12.7 Å². The van der Waals surface area contributed by atoms with Crippen LogP contribution < -0.4 is 5.73 Å². The number of carbonyl (C=O) groups is 1. The molecule has 0 bridgehead atoms. The van der Waals surface area contributed by atoms with E-state index in [-0.39, 0.29) is 6.09 Å². The van der Waals surface area contributed by atoms with Crippen LogP contribution in [0.2, 0.25) is 0 Å². The van der Waals surface area contributed by atoms with Gasteiger partial charge >= 0.3 is 6.09 Å². The lowest BCUT2D eigenvalue weighted by Gasteiger charge is -2.31. The lowest BCUT2D eigenvalue weighted by atomic mass is 9.91. The first-order valence-electron chi connectivity index (χ1n) is 5.97. The molecule has 1 rings (SSSR count). The summed E-state index contributed by atoms with van der Waals surface area (Å²) in [5.41, 5.74) is 5.37. The van der Waals surface area contributed by atoms with E-state index >= 15 is 0 Å². The molecule has 0 aliphatic carbocycles. The molecule has 1 amide bonds. The van der Waals surface area contributed by atoms with Crippen LogP contribution in [0.3, 0.4) is 0 Å². The molecule has 0 radical (unpaired) electrons. The largest absolute Gasteiger partial charge is 0.450 e. The molecule has 1 saturated heterocycles. The van der Waals surface area contributed by atoms with Gasteiger partial charge in [-0.1, -0.05) is 0 Å². The Morgan fingerprint density at radius 3 is 2.69 bits per heavy atom. The van der Waals surface area contributed by atoms with Crippen LogP contribution in [-0.2, 0) is 4.74 Å². The number of ether oxygens (including phenoxy) is 1. The number of aliphatic hydroxyl groups excluding tert-OH is 1. The van der Waals surface area contributed by atoms with Crippen molar-refractivity contribution in [2.45, 2.75) is 32.3 Å². The smallest absolute Gasteiger partial charge is 0.409 e. The van der Waals surface area contributed by atoms with Gasteiger partial charge in [-0.05, 0) is 32.1 Å². The highest BCUT2D eigenvalue weighted by molar-refractivity contribution is 5.67. The van der Waals surface area contributed by atoms with Crippen molar-refractivity contribution in [1.82, 2.24) is 4.90 Å². The van der Waals surface area contributed by atoms with Crippen LogP contribution in [-0.4, -0.2) is 48.4 Å². The minimum Gasteiger partial charge on any atom is -0.450 e. The zero-order valence-electron chi connectivity index (χ0n) is 9.89. The lowest BCUT2D eigenvalue weighted by molar-refractivity contribution is 0.0804. The van der Waals surface area contributed by atoms with E-state index in [4.69, 9.17) is 10.5 Å². The second-order valence-corrected chi connectivity index (χ2v) is 4.25. The molecular formula is C11H22N2O3. The molecule has 0 saturated carbocycles. The van der Waals surface area contributed by atoms with Gasteiger partial charge in [0.25, 0.3) is 0 Å². The molecule has 0 spiro atoms. The van der Waals surface area contributed by atoms with Crippen LogP contribution in [0.5, 0.6) is 0 Å². The number of nitrogens with zero attached hydrogens (tertiary/aromatic N) is 1. The van der Waals surface area contributed by atoms with Gasteiger partial charge in [-0.2, -0.15) is 0 Å². The summed E-state index contributed by atoms with van der Waals surface area (Å²) >= 11 is 0. The summed E-state index contributed by atoms with van der Waals surface area (Å²) in [5.74, 6) is 0.476. The van der Waals surface area contributed by atoms with E-state index in [2.05, 4.69) is 0 Å². The quantitative estimate of drug-likeness (QED) is 0.740. The van der Waals surface area contributed by atoms with Crippen molar-refractivity contribution in [2.24, 2.45) is 11.7 Å². The Morgan fingerprint density at radius 2 is 2.19 bits per heavy atom. The molecule has 1 fully saturated rings. The number of hydrogen-bond acceptors (Lipinski definition) is 4. The van der Waals surface area contributed by atoms with Gasteiger partial charge in [0.1, 0.15) is 0 Å². The van der Waals surface area contributed by atoms with E-state index in [0.717, 1.165) is 32.4 Å². The van der Waals surface area contributed by atoms with Gasteiger partial charge in [-0.3, -0.25) is 0 Å². The molecule has 5 heteroatoms. The highest BCUT2D eigenvalue weighted by Crippen LogP contribution is 2.22. The number of rotatable bonds is 4. The predicted molar refractivity (Wildman–Crippen MR) is 61.0 cm³/mol. The van der Waals surface area contributed by atoms with E-state index in [1.165, 1.54) is 0 Å².